The van der Waals surface area contributed by atoms with E-state index in [2.05, 4.69) is 48.5 Å². The Kier molecular flexibility index (Phi) is 7.71. The molecule has 0 radical (unpaired) electrons. The summed E-state index contributed by atoms with van der Waals surface area (Å²) < 4.78 is 24.0. The highest BCUT2D eigenvalue weighted by atomic mass is 31.1. The summed E-state index contributed by atoms with van der Waals surface area (Å²) in [5, 5.41) is 0. The SMILES string of the molecule is c1ccc(B2OCP(Cc3ccc(CP4COB(c5ccccc5)OC4)cc3)CO2)cc1. The zero-order valence-electron chi connectivity index (χ0n) is 18.0. The Labute approximate surface area is 193 Å². The zero-order chi connectivity index (χ0) is 21.6. The summed E-state index contributed by atoms with van der Waals surface area (Å²) in [6, 6.07) is 29.4. The van der Waals surface area contributed by atoms with E-state index in [9.17, 15) is 0 Å². The van der Waals surface area contributed by atoms with E-state index < -0.39 is 0 Å². The summed E-state index contributed by atoms with van der Waals surface area (Å²) in [6.45, 7) is 0. The van der Waals surface area contributed by atoms with E-state index in [4.69, 9.17) is 18.6 Å². The standard InChI is InChI=1S/C24H26B2O4P2/c1-3-7-23(8-4-1)25-27-17-31(18-28-25)15-21-11-13-22(14-12-21)16-32-19-29-26(30-20-32)24-9-5-2-6-10-24/h1-14H,15-20H2. The molecule has 8 heteroatoms. The molecule has 3 aromatic rings. The van der Waals surface area contributed by atoms with Gasteiger partial charge in [0.2, 0.25) is 0 Å². The van der Waals surface area contributed by atoms with Gasteiger partial charge in [0.05, 0.1) is 25.4 Å². The van der Waals surface area contributed by atoms with Gasteiger partial charge >= 0.3 is 14.2 Å². The Morgan fingerprint density at radius 1 is 0.500 bits per heavy atom. The van der Waals surface area contributed by atoms with Crippen LogP contribution in [-0.4, -0.2) is 39.6 Å². The van der Waals surface area contributed by atoms with Gasteiger partial charge in [-0.1, -0.05) is 101 Å². The Hall–Kier alpha value is -1.51. The fraction of sp³-hybridized carbons (Fsp3) is 0.250. The van der Waals surface area contributed by atoms with Crippen molar-refractivity contribution in [1.29, 1.82) is 0 Å². The molecule has 0 bridgehead atoms. The van der Waals surface area contributed by atoms with Crippen LogP contribution in [0.5, 0.6) is 0 Å². The highest BCUT2D eigenvalue weighted by Crippen LogP contribution is 2.44. The topological polar surface area (TPSA) is 36.9 Å². The zero-order valence-corrected chi connectivity index (χ0v) is 19.8. The monoisotopic (exact) mass is 462 g/mol. The van der Waals surface area contributed by atoms with Crippen molar-refractivity contribution in [3.05, 3.63) is 96.1 Å². The average Bonchev–Trinajstić information content (AvgIpc) is 2.87. The highest BCUT2D eigenvalue weighted by molar-refractivity contribution is 7.57. The molecule has 3 aromatic carbocycles. The molecule has 0 N–H and O–H groups in total. The lowest BCUT2D eigenvalue weighted by Crippen LogP contribution is -2.40. The third-order valence-electron chi connectivity index (χ3n) is 5.61. The summed E-state index contributed by atoms with van der Waals surface area (Å²) >= 11 is 0. The van der Waals surface area contributed by atoms with Gasteiger partial charge in [0.25, 0.3) is 0 Å². The van der Waals surface area contributed by atoms with Gasteiger partial charge in [-0.25, -0.2) is 0 Å². The summed E-state index contributed by atoms with van der Waals surface area (Å²) in [5.74, 6) is 0. The summed E-state index contributed by atoms with van der Waals surface area (Å²) in [7, 11) is -1.04. The molecule has 5 rings (SSSR count). The second-order valence-corrected chi connectivity index (χ2v) is 12.5. The van der Waals surface area contributed by atoms with Crippen molar-refractivity contribution < 1.29 is 18.6 Å². The molecule has 0 unspecified atom stereocenters. The quantitative estimate of drug-likeness (QED) is 0.403. The molecular formula is C24H26B2O4P2. The van der Waals surface area contributed by atoms with Crippen LogP contribution in [0.15, 0.2) is 84.9 Å². The fourth-order valence-electron chi connectivity index (χ4n) is 3.92. The second-order valence-electron chi connectivity index (χ2n) is 8.14. The first-order valence-electron chi connectivity index (χ1n) is 10.9. The van der Waals surface area contributed by atoms with Crippen LogP contribution in [0, 0.1) is 0 Å². The minimum absolute atomic E-state index is 0.221. The summed E-state index contributed by atoms with van der Waals surface area (Å²) in [5.41, 5.74) is 4.91. The van der Waals surface area contributed by atoms with Crippen LogP contribution in [0.25, 0.3) is 0 Å². The first-order valence-corrected chi connectivity index (χ1v) is 14.7. The molecule has 0 saturated carbocycles. The van der Waals surface area contributed by atoms with Crippen LogP contribution in [-0.2, 0) is 30.9 Å². The van der Waals surface area contributed by atoms with Crippen molar-refractivity contribution in [3.63, 3.8) is 0 Å². The Balaban J connectivity index is 1.07. The van der Waals surface area contributed by atoms with Crippen molar-refractivity contribution in [3.8, 4) is 0 Å². The first-order chi connectivity index (χ1) is 15.8. The van der Waals surface area contributed by atoms with Crippen LogP contribution in [0.4, 0.5) is 0 Å². The predicted octanol–water partition coefficient (Wildman–Crippen LogP) is 4.36. The van der Waals surface area contributed by atoms with Gasteiger partial charge in [-0.15, -0.1) is 0 Å². The lowest BCUT2D eigenvalue weighted by atomic mass is 9.79. The molecule has 2 aliphatic heterocycles. The van der Waals surface area contributed by atoms with Gasteiger partial charge in [0.15, 0.2) is 0 Å². The Bertz CT molecular complexity index is 882. The van der Waals surface area contributed by atoms with Crippen LogP contribution in [0.3, 0.4) is 0 Å². The number of hydrogen-bond acceptors (Lipinski definition) is 4. The van der Waals surface area contributed by atoms with E-state index in [1.807, 2.05) is 36.4 Å². The summed E-state index contributed by atoms with van der Waals surface area (Å²) in [4.78, 5) is 0. The van der Waals surface area contributed by atoms with Crippen LogP contribution < -0.4 is 10.9 Å². The van der Waals surface area contributed by atoms with Crippen LogP contribution in [0.1, 0.15) is 11.1 Å². The molecule has 0 spiro atoms. The van der Waals surface area contributed by atoms with Crippen molar-refractivity contribution in [2.75, 3.05) is 25.4 Å². The van der Waals surface area contributed by atoms with Gasteiger partial charge < -0.3 is 18.6 Å². The second kappa shape index (κ2) is 11.1. The third kappa shape index (κ3) is 5.88. The maximum absolute atomic E-state index is 6.00. The molecule has 2 aliphatic rings. The van der Waals surface area contributed by atoms with Crippen LogP contribution >= 0.6 is 15.8 Å². The molecule has 162 valence electrons. The fourth-order valence-corrected chi connectivity index (χ4v) is 7.27. The minimum Gasteiger partial charge on any atom is -0.403 e. The van der Waals surface area contributed by atoms with Crippen molar-refractivity contribution in [2.45, 2.75) is 12.3 Å². The van der Waals surface area contributed by atoms with Gasteiger partial charge in [-0.2, -0.15) is 0 Å². The normalized spacial score (nSPS) is 18.1. The van der Waals surface area contributed by atoms with Gasteiger partial charge in [0, 0.05) is 0 Å². The molecule has 4 nitrogen and oxygen atoms in total. The maximum atomic E-state index is 6.00. The highest BCUT2D eigenvalue weighted by Gasteiger charge is 2.30. The van der Waals surface area contributed by atoms with E-state index in [-0.39, 0.29) is 30.1 Å². The van der Waals surface area contributed by atoms with E-state index in [0.29, 0.717) is 0 Å². The van der Waals surface area contributed by atoms with E-state index in [0.717, 1.165) is 48.6 Å². The third-order valence-corrected chi connectivity index (χ3v) is 9.29. The van der Waals surface area contributed by atoms with Gasteiger partial charge in [-0.05, 0) is 34.4 Å². The lowest BCUT2D eigenvalue weighted by molar-refractivity contribution is 0.244. The molecule has 0 amide bonds. The van der Waals surface area contributed by atoms with Crippen molar-refractivity contribution in [2.24, 2.45) is 0 Å². The lowest BCUT2D eigenvalue weighted by Gasteiger charge is -2.28. The first kappa shape index (κ1) is 22.3. The Morgan fingerprint density at radius 3 is 1.19 bits per heavy atom. The van der Waals surface area contributed by atoms with E-state index in [1.54, 1.807) is 0 Å². The number of benzene rings is 3. The van der Waals surface area contributed by atoms with Gasteiger partial charge in [-0.3, -0.25) is 0 Å². The van der Waals surface area contributed by atoms with E-state index in [1.165, 1.54) is 11.1 Å². The molecule has 2 fully saturated rings. The molecule has 0 aromatic heterocycles. The Morgan fingerprint density at radius 2 is 0.844 bits per heavy atom. The minimum atomic E-state index is -0.299. The number of rotatable bonds is 6. The molecule has 0 atom stereocenters. The predicted molar refractivity (Wildman–Crippen MR) is 135 cm³/mol. The summed E-state index contributed by atoms with van der Waals surface area (Å²) in [6.07, 6.45) is 5.24. The molecule has 0 aliphatic carbocycles. The molecule has 2 saturated heterocycles. The van der Waals surface area contributed by atoms with Crippen LogP contribution in [0.2, 0.25) is 0 Å². The van der Waals surface area contributed by atoms with E-state index >= 15 is 0 Å². The molecule has 32 heavy (non-hydrogen) atoms. The largest absolute Gasteiger partial charge is 0.494 e. The molecular weight excluding hydrogens is 436 g/mol. The molecule has 2 heterocycles. The average molecular weight is 462 g/mol. The van der Waals surface area contributed by atoms with Crippen molar-refractivity contribution in [1.82, 2.24) is 0 Å². The maximum Gasteiger partial charge on any atom is 0.494 e. The smallest absolute Gasteiger partial charge is 0.403 e. The number of hydrogen-bond donors (Lipinski definition) is 0. The van der Waals surface area contributed by atoms with Crippen molar-refractivity contribution >= 4 is 41.0 Å². The van der Waals surface area contributed by atoms with Gasteiger partial charge in [0.1, 0.15) is 0 Å².